The normalized spacial score (nSPS) is 12.6. The molecule has 0 radical (unpaired) electrons. The third kappa shape index (κ3) is 4.09. The highest BCUT2D eigenvalue weighted by Crippen LogP contribution is 2.20. The molecule has 0 bridgehead atoms. The zero-order valence-electron chi connectivity index (χ0n) is 11.1. The van der Waals surface area contributed by atoms with Crippen molar-refractivity contribution in [2.75, 3.05) is 11.9 Å². The van der Waals surface area contributed by atoms with E-state index < -0.39 is 5.54 Å². The standard InChI is InChI=1S/C12H21N3OS/c1-11(2,3)10-13-8(6-9(17)14-10)15-12(4,5)7-16/h6,16H,7H2,1-5H3,(H2,13,14,15,17). The average Bonchev–Trinajstić information content (AvgIpc) is 2.14. The summed E-state index contributed by atoms with van der Waals surface area (Å²) in [7, 11) is 0. The summed E-state index contributed by atoms with van der Waals surface area (Å²) in [6, 6.07) is 1.77. The van der Waals surface area contributed by atoms with Crippen LogP contribution in [-0.2, 0) is 5.41 Å². The van der Waals surface area contributed by atoms with Gasteiger partial charge in [-0.3, -0.25) is 0 Å². The molecule has 0 aromatic carbocycles. The second-order valence-corrected chi connectivity index (χ2v) is 6.32. The largest absolute Gasteiger partial charge is 0.394 e. The monoisotopic (exact) mass is 255 g/mol. The third-order valence-electron chi connectivity index (χ3n) is 2.32. The Balaban J connectivity index is 3.11. The van der Waals surface area contributed by atoms with Crippen molar-refractivity contribution in [2.45, 2.75) is 45.6 Å². The van der Waals surface area contributed by atoms with Crippen molar-refractivity contribution < 1.29 is 5.11 Å². The van der Waals surface area contributed by atoms with E-state index in [4.69, 9.17) is 12.2 Å². The van der Waals surface area contributed by atoms with E-state index in [0.29, 0.717) is 4.64 Å². The first-order valence-electron chi connectivity index (χ1n) is 5.65. The predicted octanol–water partition coefficient (Wildman–Crippen LogP) is 2.62. The number of aliphatic hydroxyl groups is 1. The smallest absolute Gasteiger partial charge is 0.131 e. The molecular weight excluding hydrogens is 234 g/mol. The molecule has 17 heavy (non-hydrogen) atoms. The maximum atomic E-state index is 9.24. The molecule has 1 aromatic heterocycles. The summed E-state index contributed by atoms with van der Waals surface area (Å²) < 4.78 is 0.546. The van der Waals surface area contributed by atoms with E-state index in [2.05, 4.69) is 36.1 Å². The molecule has 0 fully saturated rings. The zero-order valence-corrected chi connectivity index (χ0v) is 11.9. The lowest BCUT2D eigenvalue weighted by Gasteiger charge is -2.26. The Kier molecular flexibility index (Phi) is 3.94. The molecule has 3 N–H and O–H groups in total. The van der Waals surface area contributed by atoms with Crippen LogP contribution in [0.25, 0.3) is 0 Å². The van der Waals surface area contributed by atoms with Gasteiger partial charge in [-0.25, -0.2) is 4.98 Å². The van der Waals surface area contributed by atoms with E-state index in [0.717, 1.165) is 11.6 Å². The zero-order chi connectivity index (χ0) is 13.3. The highest BCUT2D eigenvalue weighted by Gasteiger charge is 2.20. The second-order valence-electron chi connectivity index (χ2n) is 5.90. The Morgan fingerprint density at radius 2 is 1.94 bits per heavy atom. The van der Waals surface area contributed by atoms with Crippen LogP contribution < -0.4 is 5.32 Å². The molecule has 96 valence electrons. The van der Waals surface area contributed by atoms with Gasteiger partial charge in [0.1, 0.15) is 16.3 Å². The summed E-state index contributed by atoms with van der Waals surface area (Å²) in [5.74, 6) is 1.62. The number of nitrogens with one attached hydrogen (secondary N) is 2. The van der Waals surface area contributed by atoms with Crippen molar-refractivity contribution in [1.82, 2.24) is 9.97 Å². The number of rotatable bonds is 3. The fourth-order valence-corrected chi connectivity index (χ4v) is 1.49. The average molecular weight is 255 g/mol. The van der Waals surface area contributed by atoms with Crippen molar-refractivity contribution in [1.29, 1.82) is 0 Å². The molecule has 0 aliphatic heterocycles. The van der Waals surface area contributed by atoms with Crippen LogP contribution in [0, 0.1) is 4.64 Å². The van der Waals surface area contributed by atoms with E-state index in [1.165, 1.54) is 0 Å². The van der Waals surface area contributed by atoms with Gasteiger partial charge in [-0.15, -0.1) is 0 Å². The Hall–Kier alpha value is -0.940. The van der Waals surface area contributed by atoms with Crippen LogP contribution in [0.3, 0.4) is 0 Å². The number of nitrogens with zero attached hydrogens (tertiary/aromatic N) is 1. The van der Waals surface area contributed by atoms with Gasteiger partial charge in [0.15, 0.2) is 0 Å². The Morgan fingerprint density at radius 3 is 2.41 bits per heavy atom. The SMILES string of the molecule is CC(C)(CO)Nc1cc(=S)nc(C(C)(C)C)[nH]1. The molecule has 0 spiro atoms. The van der Waals surface area contributed by atoms with Gasteiger partial charge in [0.2, 0.25) is 0 Å². The number of aliphatic hydroxyl groups excluding tert-OH is 1. The molecular formula is C12H21N3OS. The van der Waals surface area contributed by atoms with Crippen LogP contribution in [0.5, 0.6) is 0 Å². The molecule has 0 amide bonds. The van der Waals surface area contributed by atoms with E-state index in [9.17, 15) is 5.11 Å². The number of anilines is 1. The summed E-state index contributed by atoms with van der Waals surface area (Å²) in [6.45, 7) is 10.1. The molecule has 0 atom stereocenters. The van der Waals surface area contributed by atoms with Crippen molar-refractivity contribution >= 4 is 18.0 Å². The van der Waals surface area contributed by atoms with Gasteiger partial charge < -0.3 is 15.4 Å². The van der Waals surface area contributed by atoms with E-state index in [1.54, 1.807) is 6.07 Å². The Morgan fingerprint density at radius 1 is 1.35 bits per heavy atom. The summed E-state index contributed by atoms with van der Waals surface area (Å²) in [5, 5.41) is 12.4. The molecule has 0 saturated carbocycles. The number of aromatic nitrogens is 2. The van der Waals surface area contributed by atoms with Crippen molar-refractivity contribution in [2.24, 2.45) is 0 Å². The van der Waals surface area contributed by atoms with E-state index in [-0.39, 0.29) is 12.0 Å². The lowest BCUT2D eigenvalue weighted by Crippen LogP contribution is -2.35. The number of hydrogen-bond acceptors (Lipinski definition) is 4. The Bertz CT molecular complexity index is 446. The first-order chi connectivity index (χ1) is 7.64. The minimum atomic E-state index is -0.394. The molecule has 5 heteroatoms. The lowest BCUT2D eigenvalue weighted by atomic mass is 9.96. The predicted molar refractivity (Wildman–Crippen MR) is 72.9 cm³/mol. The molecule has 0 aliphatic carbocycles. The van der Waals surface area contributed by atoms with Crippen molar-refractivity contribution in [3.05, 3.63) is 16.5 Å². The molecule has 0 aliphatic rings. The van der Waals surface area contributed by atoms with Gasteiger partial charge in [-0.05, 0) is 13.8 Å². The summed E-state index contributed by atoms with van der Waals surface area (Å²) >= 11 is 5.15. The van der Waals surface area contributed by atoms with Crippen LogP contribution in [0.2, 0.25) is 0 Å². The number of H-pyrrole nitrogens is 1. The second kappa shape index (κ2) is 4.74. The highest BCUT2D eigenvalue weighted by atomic mass is 32.1. The minimum absolute atomic E-state index is 0.0424. The highest BCUT2D eigenvalue weighted by molar-refractivity contribution is 7.71. The topological polar surface area (TPSA) is 60.9 Å². The van der Waals surface area contributed by atoms with Gasteiger partial charge in [0.25, 0.3) is 0 Å². The molecule has 1 heterocycles. The number of hydrogen-bond donors (Lipinski definition) is 3. The van der Waals surface area contributed by atoms with Crippen LogP contribution >= 0.6 is 12.2 Å². The van der Waals surface area contributed by atoms with Gasteiger partial charge in [-0.2, -0.15) is 0 Å². The molecule has 1 aromatic rings. The van der Waals surface area contributed by atoms with E-state index >= 15 is 0 Å². The van der Waals surface area contributed by atoms with Crippen LogP contribution in [0.4, 0.5) is 5.82 Å². The third-order valence-corrected chi connectivity index (χ3v) is 2.53. The molecule has 0 saturated heterocycles. The van der Waals surface area contributed by atoms with Crippen LogP contribution in [-0.4, -0.2) is 27.2 Å². The van der Waals surface area contributed by atoms with Crippen molar-refractivity contribution in [3.63, 3.8) is 0 Å². The van der Waals surface area contributed by atoms with Gasteiger partial charge in [0.05, 0.1) is 12.1 Å². The van der Waals surface area contributed by atoms with Gasteiger partial charge in [-0.1, -0.05) is 33.0 Å². The molecule has 4 nitrogen and oxygen atoms in total. The lowest BCUT2D eigenvalue weighted by molar-refractivity contribution is 0.234. The van der Waals surface area contributed by atoms with Crippen LogP contribution in [0.1, 0.15) is 40.4 Å². The first kappa shape index (κ1) is 14.1. The minimum Gasteiger partial charge on any atom is -0.394 e. The Labute approximate surface area is 107 Å². The van der Waals surface area contributed by atoms with E-state index in [1.807, 2.05) is 13.8 Å². The summed E-state index contributed by atoms with van der Waals surface area (Å²) in [4.78, 5) is 7.53. The molecule has 1 rings (SSSR count). The van der Waals surface area contributed by atoms with Gasteiger partial charge in [0, 0.05) is 11.5 Å². The van der Waals surface area contributed by atoms with Crippen LogP contribution in [0.15, 0.2) is 6.07 Å². The maximum Gasteiger partial charge on any atom is 0.131 e. The maximum absolute atomic E-state index is 9.24. The molecule has 0 unspecified atom stereocenters. The number of aromatic amines is 1. The summed E-state index contributed by atoms with van der Waals surface area (Å²) in [6.07, 6.45) is 0. The fraction of sp³-hybridized carbons (Fsp3) is 0.667. The first-order valence-corrected chi connectivity index (χ1v) is 6.06. The van der Waals surface area contributed by atoms with Gasteiger partial charge >= 0.3 is 0 Å². The summed E-state index contributed by atoms with van der Waals surface area (Å²) in [5.41, 5.74) is -0.483. The van der Waals surface area contributed by atoms with Crippen molar-refractivity contribution in [3.8, 4) is 0 Å². The quantitative estimate of drug-likeness (QED) is 0.727. The fourth-order valence-electron chi connectivity index (χ4n) is 1.28.